The van der Waals surface area contributed by atoms with E-state index in [0.717, 1.165) is 22.9 Å². The highest BCUT2D eigenvalue weighted by molar-refractivity contribution is 7.98. The van der Waals surface area contributed by atoms with Crippen molar-refractivity contribution < 1.29 is 4.79 Å². The number of carbonyl (C=O) groups is 1. The summed E-state index contributed by atoms with van der Waals surface area (Å²) in [7, 11) is 0. The van der Waals surface area contributed by atoms with E-state index in [1.807, 2.05) is 44.2 Å². The Labute approximate surface area is 173 Å². The molecule has 1 heterocycles. The molecule has 0 radical (unpaired) electrons. The lowest BCUT2D eigenvalue weighted by Crippen LogP contribution is -2.29. The first kappa shape index (κ1) is 20.2. The van der Waals surface area contributed by atoms with Crippen molar-refractivity contribution in [3.63, 3.8) is 0 Å². The standard InChI is InChI=1S/C22H20N4O2S/c1-13-6-4-8-15(10-13)25-21(27)18-19(29-3)17(12-23)22(28)26(20(18)24)16-9-5-7-14(2)11-16/h4-11H,24H2,1-3H3,(H,25,27). The van der Waals surface area contributed by atoms with E-state index >= 15 is 0 Å². The van der Waals surface area contributed by atoms with Crippen LogP contribution >= 0.6 is 11.8 Å². The molecule has 0 unspecified atom stereocenters. The maximum absolute atomic E-state index is 13.1. The van der Waals surface area contributed by atoms with Crippen molar-refractivity contribution in [2.75, 3.05) is 17.3 Å². The van der Waals surface area contributed by atoms with Gasteiger partial charge in [-0.25, -0.2) is 0 Å². The normalized spacial score (nSPS) is 10.4. The van der Waals surface area contributed by atoms with Gasteiger partial charge in [0.1, 0.15) is 17.5 Å². The number of nitriles is 1. The van der Waals surface area contributed by atoms with Gasteiger partial charge in [-0.15, -0.1) is 11.8 Å². The Bertz CT molecular complexity index is 1210. The summed E-state index contributed by atoms with van der Waals surface area (Å²) in [5, 5.41) is 12.4. The van der Waals surface area contributed by atoms with E-state index in [1.165, 1.54) is 4.57 Å². The summed E-state index contributed by atoms with van der Waals surface area (Å²) in [6.45, 7) is 3.81. The molecule has 0 saturated heterocycles. The molecule has 6 nitrogen and oxygen atoms in total. The predicted molar refractivity (Wildman–Crippen MR) is 117 cm³/mol. The molecule has 146 valence electrons. The van der Waals surface area contributed by atoms with Crippen molar-refractivity contribution in [3.05, 3.63) is 81.1 Å². The van der Waals surface area contributed by atoms with Gasteiger partial charge in [-0.2, -0.15) is 5.26 Å². The van der Waals surface area contributed by atoms with Crippen LogP contribution in [0.4, 0.5) is 11.5 Å². The molecule has 0 aliphatic heterocycles. The number of anilines is 2. The van der Waals surface area contributed by atoms with Gasteiger partial charge in [-0.05, 0) is 55.5 Å². The molecule has 0 saturated carbocycles. The second-order valence-corrected chi connectivity index (χ2v) is 7.40. The topological polar surface area (TPSA) is 101 Å². The van der Waals surface area contributed by atoms with Gasteiger partial charge in [0.05, 0.1) is 11.3 Å². The lowest BCUT2D eigenvalue weighted by atomic mass is 10.1. The summed E-state index contributed by atoms with van der Waals surface area (Å²) in [6.07, 6.45) is 1.70. The van der Waals surface area contributed by atoms with E-state index in [9.17, 15) is 14.9 Å². The van der Waals surface area contributed by atoms with Gasteiger partial charge in [-0.1, -0.05) is 24.3 Å². The highest BCUT2D eigenvalue weighted by Crippen LogP contribution is 2.29. The fraction of sp³-hybridized carbons (Fsp3) is 0.136. The number of rotatable bonds is 4. The molecule has 3 rings (SSSR count). The van der Waals surface area contributed by atoms with Crippen molar-refractivity contribution in [3.8, 4) is 11.8 Å². The lowest BCUT2D eigenvalue weighted by Gasteiger charge is -2.18. The van der Waals surface area contributed by atoms with Gasteiger partial charge in [0.2, 0.25) is 0 Å². The molecule has 0 aliphatic rings. The van der Waals surface area contributed by atoms with E-state index in [1.54, 1.807) is 30.5 Å². The first-order chi connectivity index (χ1) is 13.9. The Morgan fingerprint density at radius 3 is 2.38 bits per heavy atom. The predicted octanol–water partition coefficient (Wildman–Crippen LogP) is 3.88. The van der Waals surface area contributed by atoms with E-state index in [-0.39, 0.29) is 21.8 Å². The molecule has 3 aromatic rings. The zero-order chi connectivity index (χ0) is 21.1. The number of nitrogens with two attached hydrogens (primary N) is 1. The third-order valence-electron chi connectivity index (χ3n) is 4.45. The van der Waals surface area contributed by atoms with Crippen LogP contribution in [0.3, 0.4) is 0 Å². The number of nitrogens with zero attached hydrogens (tertiary/aromatic N) is 2. The van der Waals surface area contributed by atoms with Crippen LogP contribution in [0, 0.1) is 25.2 Å². The van der Waals surface area contributed by atoms with Crippen LogP contribution in [-0.4, -0.2) is 16.7 Å². The number of nitrogens with one attached hydrogen (secondary N) is 1. The van der Waals surface area contributed by atoms with Crippen molar-refractivity contribution in [2.24, 2.45) is 0 Å². The minimum absolute atomic E-state index is 0.00546. The monoisotopic (exact) mass is 404 g/mol. The summed E-state index contributed by atoms with van der Waals surface area (Å²) in [5.41, 5.74) is 8.80. The minimum atomic E-state index is -0.549. The molecule has 2 aromatic carbocycles. The number of thioether (sulfide) groups is 1. The van der Waals surface area contributed by atoms with Gasteiger partial charge in [0.25, 0.3) is 11.5 Å². The molecule has 7 heteroatoms. The number of aromatic nitrogens is 1. The number of hydrogen-bond acceptors (Lipinski definition) is 5. The van der Waals surface area contributed by atoms with Crippen molar-refractivity contribution >= 4 is 29.2 Å². The van der Waals surface area contributed by atoms with Gasteiger partial charge >= 0.3 is 0 Å². The fourth-order valence-corrected chi connectivity index (χ4v) is 3.87. The quantitative estimate of drug-likeness (QED) is 0.643. The molecule has 3 N–H and O–H groups in total. The first-order valence-corrected chi connectivity index (χ1v) is 10.1. The van der Waals surface area contributed by atoms with Crippen LogP contribution in [0.2, 0.25) is 0 Å². The highest BCUT2D eigenvalue weighted by atomic mass is 32.2. The maximum Gasteiger partial charge on any atom is 0.275 e. The van der Waals surface area contributed by atoms with Crippen LogP contribution in [-0.2, 0) is 0 Å². The summed E-state index contributed by atoms with van der Waals surface area (Å²) < 4.78 is 1.22. The molecule has 29 heavy (non-hydrogen) atoms. The number of benzene rings is 2. The molecule has 1 aromatic heterocycles. The molecule has 1 amide bonds. The third-order valence-corrected chi connectivity index (χ3v) is 5.26. The zero-order valence-electron chi connectivity index (χ0n) is 16.3. The highest BCUT2D eigenvalue weighted by Gasteiger charge is 2.25. The molecular weight excluding hydrogens is 384 g/mol. The van der Waals surface area contributed by atoms with Crippen LogP contribution < -0.4 is 16.6 Å². The number of hydrogen-bond donors (Lipinski definition) is 2. The first-order valence-electron chi connectivity index (χ1n) is 8.85. The maximum atomic E-state index is 13.1. The Kier molecular flexibility index (Phi) is 5.76. The third kappa shape index (κ3) is 3.89. The Balaban J connectivity index is 2.25. The molecule has 0 fully saturated rings. The molecule has 0 aliphatic carbocycles. The van der Waals surface area contributed by atoms with Crippen molar-refractivity contribution in [1.29, 1.82) is 5.26 Å². The summed E-state index contributed by atoms with van der Waals surface area (Å²) in [4.78, 5) is 26.4. The van der Waals surface area contributed by atoms with Gasteiger partial charge in [-0.3, -0.25) is 14.2 Å². The molecular formula is C22H20N4O2S. The van der Waals surface area contributed by atoms with Gasteiger partial charge in [0.15, 0.2) is 0 Å². The minimum Gasteiger partial charge on any atom is -0.384 e. The van der Waals surface area contributed by atoms with Crippen LogP contribution in [0.1, 0.15) is 27.0 Å². The number of nitrogen functional groups attached to an aromatic ring is 1. The van der Waals surface area contributed by atoms with Crippen molar-refractivity contribution in [1.82, 2.24) is 4.57 Å². The summed E-state index contributed by atoms with van der Waals surface area (Å²) >= 11 is 1.15. The number of carbonyl (C=O) groups excluding carboxylic acids is 1. The largest absolute Gasteiger partial charge is 0.384 e. The van der Waals surface area contributed by atoms with Crippen LogP contribution in [0.15, 0.2) is 58.2 Å². The SMILES string of the molecule is CSc1c(C(=O)Nc2cccc(C)c2)c(N)n(-c2cccc(C)c2)c(=O)c1C#N. The zero-order valence-corrected chi connectivity index (χ0v) is 17.1. The second-order valence-electron chi connectivity index (χ2n) is 6.58. The molecule has 0 spiro atoms. The smallest absolute Gasteiger partial charge is 0.275 e. The van der Waals surface area contributed by atoms with E-state index < -0.39 is 11.5 Å². The molecule has 0 bridgehead atoms. The van der Waals surface area contributed by atoms with Crippen LogP contribution in [0.25, 0.3) is 5.69 Å². The van der Waals surface area contributed by atoms with Crippen LogP contribution in [0.5, 0.6) is 0 Å². The summed E-state index contributed by atoms with van der Waals surface area (Å²) in [5.74, 6) is -0.482. The van der Waals surface area contributed by atoms with Crippen molar-refractivity contribution in [2.45, 2.75) is 18.7 Å². The van der Waals surface area contributed by atoms with Gasteiger partial charge < -0.3 is 11.1 Å². The molecule has 0 atom stereocenters. The number of aryl methyl sites for hydroxylation is 2. The van der Waals surface area contributed by atoms with E-state index in [4.69, 9.17) is 5.73 Å². The van der Waals surface area contributed by atoms with E-state index in [2.05, 4.69) is 5.32 Å². The summed E-state index contributed by atoms with van der Waals surface area (Å²) in [6, 6.07) is 16.5. The Morgan fingerprint density at radius 1 is 1.14 bits per heavy atom. The average molecular weight is 404 g/mol. The Morgan fingerprint density at radius 2 is 1.79 bits per heavy atom. The number of pyridine rings is 1. The number of amides is 1. The average Bonchev–Trinajstić information content (AvgIpc) is 2.67. The lowest BCUT2D eigenvalue weighted by molar-refractivity contribution is 0.102. The fourth-order valence-electron chi connectivity index (χ4n) is 3.13. The second kappa shape index (κ2) is 8.25. The van der Waals surface area contributed by atoms with E-state index in [0.29, 0.717) is 11.4 Å². The van der Waals surface area contributed by atoms with Gasteiger partial charge in [0, 0.05) is 10.6 Å². The Hall–Kier alpha value is -3.50.